The Bertz CT molecular complexity index is 627. The van der Waals surface area contributed by atoms with Crippen molar-refractivity contribution in [3.63, 3.8) is 0 Å². The van der Waals surface area contributed by atoms with E-state index in [0.717, 1.165) is 0 Å². The summed E-state index contributed by atoms with van der Waals surface area (Å²) >= 11 is 0. The highest BCUT2D eigenvalue weighted by Crippen LogP contribution is 2.14. The second-order valence-electron chi connectivity index (χ2n) is 3.97. The Kier molecular flexibility index (Phi) is 3.32. The molecule has 0 atom stereocenters. The van der Waals surface area contributed by atoms with E-state index < -0.39 is 5.91 Å². The molecule has 8 nitrogen and oxygen atoms in total. The van der Waals surface area contributed by atoms with Crippen LogP contribution >= 0.6 is 0 Å². The van der Waals surface area contributed by atoms with Crippen molar-refractivity contribution in [3.05, 3.63) is 29.8 Å². The van der Waals surface area contributed by atoms with Gasteiger partial charge in [0.25, 0.3) is 11.8 Å². The van der Waals surface area contributed by atoms with Gasteiger partial charge in [0.05, 0.1) is 17.4 Å². The molecule has 2 amide bonds. The van der Waals surface area contributed by atoms with Gasteiger partial charge in [0.2, 0.25) is 0 Å². The van der Waals surface area contributed by atoms with E-state index in [-0.39, 0.29) is 11.6 Å². The zero-order chi connectivity index (χ0) is 14.0. The molecule has 0 fully saturated rings. The molecule has 3 N–H and O–H groups in total. The van der Waals surface area contributed by atoms with Crippen molar-refractivity contribution in [2.75, 3.05) is 5.32 Å². The quantitative estimate of drug-likeness (QED) is 0.807. The average Bonchev–Trinajstić information content (AvgIpc) is 2.95. The third-order valence-electron chi connectivity index (χ3n) is 2.53. The number of aryl methyl sites for hydroxylation is 2. The van der Waals surface area contributed by atoms with E-state index in [2.05, 4.69) is 15.5 Å². The largest absolute Gasteiger partial charge is 0.364 e. The number of hydrogen-bond donors (Lipinski definition) is 2. The minimum atomic E-state index is -0.686. The van der Waals surface area contributed by atoms with Crippen LogP contribution < -0.4 is 11.1 Å². The first-order chi connectivity index (χ1) is 9.01. The highest BCUT2D eigenvalue weighted by Gasteiger charge is 2.17. The zero-order valence-corrected chi connectivity index (χ0v) is 10.6. The summed E-state index contributed by atoms with van der Waals surface area (Å²) in [7, 11) is 1.71. The van der Waals surface area contributed by atoms with Gasteiger partial charge in [-0.1, -0.05) is 0 Å². The maximum absolute atomic E-state index is 11.9. The molecule has 2 heterocycles. The highest BCUT2D eigenvalue weighted by atomic mass is 16.2. The maximum Gasteiger partial charge on any atom is 0.271 e. The number of carbonyl (C=O) groups excluding carboxylic acids is 2. The minimum Gasteiger partial charge on any atom is -0.364 e. The maximum atomic E-state index is 11.9. The number of primary amides is 1. The standard InChI is InChI=1S/C11H14N6O2/c1-3-17-6-8(9(15-17)10(12)18)14-11(19)7-4-13-16(2)5-7/h4-6H,3H2,1-2H3,(H2,12,18)(H,14,19). The van der Waals surface area contributed by atoms with Gasteiger partial charge in [-0.15, -0.1) is 0 Å². The predicted octanol–water partition coefficient (Wildman–Crippen LogP) is -0.0123. The van der Waals surface area contributed by atoms with Gasteiger partial charge >= 0.3 is 0 Å². The van der Waals surface area contributed by atoms with Crippen LogP contribution in [0.15, 0.2) is 18.6 Å². The molecule has 0 aliphatic carbocycles. The summed E-state index contributed by atoms with van der Waals surface area (Å²) in [4.78, 5) is 23.2. The number of nitrogens with zero attached hydrogens (tertiary/aromatic N) is 4. The number of aromatic nitrogens is 4. The van der Waals surface area contributed by atoms with E-state index in [9.17, 15) is 9.59 Å². The van der Waals surface area contributed by atoms with Gasteiger partial charge in [0.1, 0.15) is 0 Å². The molecular formula is C11H14N6O2. The van der Waals surface area contributed by atoms with E-state index in [0.29, 0.717) is 17.8 Å². The second kappa shape index (κ2) is 4.92. The number of nitrogens with one attached hydrogen (secondary N) is 1. The van der Waals surface area contributed by atoms with Crippen molar-refractivity contribution in [1.82, 2.24) is 19.6 Å². The van der Waals surface area contributed by atoms with E-state index in [4.69, 9.17) is 5.73 Å². The summed E-state index contributed by atoms with van der Waals surface area (Å²) in [6, 6.07) is 0. The molecule has 0 aromatic carbocycles. The molecule has 19 heavy (non-hydrogen) atoms. The Hall–Kier alpha value is -2.64. The number of anilines is 1. The number of nitrogens with two attached hydrogens (primary N) is 1. The Morgan fingerprint density at radius 1 is 1.42 bits per heavy atom. The molecule has 100 valence electrons. The van der Waals surface area contributed by atoms with Gasteiger partial charge in [0, 0.05) is 26.0 Å². The van der Waals surface area contributed by atoms with E-state index in [1.54, 1.807) is 19.4 Å². The Labute approximate surface area is 109 Å². The molecule has 2 aromatic rings. The monoisotopic (exact) mass is 262 g/mol. The topological polar surface area (TPSA) is 108 Å². The van der Waals surface area contributed by atoms with Crippen LogP contribution in [0.1, 0.15) is 27.8 Å². The van der Waals surface area contributed by atoms with E-state index >= 15 is 0 Å². The van der Waals surface area contributed by atoms with Crippen LogP contribution in [0.5, 0.6) is 0 Å². The van der Waals surface area contributed by atoms with Crippen LogP contribution in [0.4, 0.5) is 5.69 Å². The zero-order valence-electron chi connectivity index (χ0n) is 10.6. The lowest BCUT2D eigenvalue weighted by atomic mass is 10.3. The summed E-state index contributed by atoms with van der Waals surface area (Å²) < 4.78 is 3.04. The van der Waals surface area contributed by atoms with E-state index in [1.807, 2.05) is 6.92 Å². The first-order valence-electron chi connectivity index (χ1n) is 5.68. The lowest BCUT2D eigenvalue weighted by Gasteiger charge is -2.00. The van der Waals surface area contributed by atoms with Crippen molar-refractivity contribution < 1.29 is 9.59 Å². The van der Waals surface area contributed by atoms with Gasteiger partial charge < -0.3 is 11.1 Å². The SMILES string of the molecule is CCn1cc(NC(=O)c2cnn(C)c2)c(C(N)=O)n1. The fourth-order valence-corrected chi connectivity index (χ4v) is 1.59. The van der Waals surface area contributed by atoms with Crippen molar-refractivity contribution in [3.8, 4) is 0 Å². The fourth-order valence-electron chi connectivity index (χ4n) is 1.59. The van der Waals surface area contributed by atoms with Crippen molar-refractivity contribution in [2.45, 2.75) is 13.5 Å². The van der Waals surface area contributed by atoms with Crippen molar-refractivity contribution in [1.29, 1.82) is 0 Å². The summed E-state index contributed by atoms with van der Waals surface area (Å²) in [5.41, 5.74) is 5.94. The number of rotatable bonds is 4. The average molecular weight is 262 g/mol. The first-order valence-corrected chi connectivity index (χ1v) is 5.68. The lowest BCUT2D eigenvalue weighted by Crippen LogP contribution is -2.17. The Morgan fingerprint density at radius 2 is 2.16 bits per heavy atom. The van der Waals surface area contributed by atoms with Gasteiger partial charge in [-0.2, -0.15) is 10.2 Å². The van der Waals surface area contributed by atoms with Gasteiger partial charge in [-0.05, 0) is 6.92 Å². The van der Waals surface area contributed by atoms with Crippen molar-refractivity contribution in [2.24, 2.45) is 12.8 Å². The van der Waals surface area contributed by atoms with Gasteiger partial charge in [-0.25, -0.2) is 0 Å². The molecule has 0 aliphatic heterocycles. The van der Waals surface area contributed by atoms with Gasteiger partial charge in [-0.3, -0.25) is 19.0 Å². The number of hydrogen-bond acceptors (Lipinski definition) is 4. The second-order valence-corrected chi connectivity index (χ2v) is 3.97. The summed E-state index contributed by atoms with van der Waals surface area (Å²) in [6.45, 7) is 2.44. The molecule has 0 unspecified atom stereocenters. The summed E-state index contributed by atoms with van der Waals surface area (Å²) in [5, 5.41) is 10.5. The van der Waals surface area contributed by atoms with Crippen LogP contribution in [-0.2, 0) is 13.6 Å². The molecule has 0 spiro atoms. The molecule has 0 saturated heterocycles. The lowest BCUT2D eigenvalue weighted by molar-refractivity contribution is 0.0995. The van der Waals surface area contributed by atoms with Crippen LogP contribution in [0.3, 0.4) is 0 Å². The summed E-state index contributed by atoms with van der Waals surface area (Å²) in [5.74, 6) is -1.06. The molecule has 0 saturated carbocycles. The molecule has 0 aliphatic rings. The molecule has 8 heteroatoms. The molecular weight excluding hydrogens is 248 g/mol. The van der Waals surface area contributed by atoms with E-state index in [1.165, 1.54) is 15.6 Å². The van der Waals surface area contributed by atoms with Gasteiger partial charge in [0.15, 0.2) is 5.69 Å². The fraction of sp³-hybridized carbons (Fsp3) is 0.273. The summed E-state index contributed by atoms with van der Waals surface area (Å²) in [6.07, 6.45) is 4.57. The number of carbonyl (C=O) groups is 2. The third kappa shape index (κ3) is 2.62. The molecule has 0 bridgehead atoms. The molecule has 2 rings (SSSR count). The van der Waals surface area contributed by atoms with Crippen LogP contribution in [0.25, 0.3) is 0 Å². The van der Waals surface area contributed by atoms with Crippen LogP contribution in [-0.4, -0.2) is 31.4 Å². The normalized spacial score (nSPS) is 10.4. The molecule has 2 aromatic heterocycles. The Balaban J connectivity index is 2.25. The predicted molar refractivity (Wildman–Crippen MR) is 67.6 cm³/mol. The third-order valence-corrected chi connectivity index (χ3v) is 2.53. The van der Waals surface area contributed by atoms with Crippen molar-refractivity contribution >= 4 is 17.5 Å². The smallest absolute Gasteiger partial charge is 0.271 e. The van der Waals surface area contributed by atoms with Crippen LogP contribution in [0.2, 0.25) is 0 Å². The highest BCUT2D eigenvalue weighted by molar-refractivity contribution is 6.07. The minimum absolute atomic E-state index is 0.0408. The van der Waals surface area contributed by atoms with Crippen LogP contribution in [0, 0.1) is 0 Å². The Morgan fingerprint density at radius 3 is 2.68 bits per heavy atom. The first kappa shape index (κ1) is 12.8. The number of amides is 2. The molecule has 0 radical (unpaired) electrons.